The number of carbonyl (C=O) groups excluding carboxylic acids is 1. The molecule has 2 rings (SSSR count). The number of halogens is 1. The van der Waals surface area contributed by atoms with Crippen molar-refractivity contribution in [3.63, 3.8) is 0 Å². The summed E-state index contributed by atoms with van der Waals surface area (Å²) in [4.78, 5) is 12.4. The number of ether oxygens (including phenoxy) is 1. The van der Waals surface area contributed by atoms with Gasteiger partial charge in [-0.25, -0.2) is 0 Å². The van der Waals surface area contributed by atoms with Gasteiger partial charge in [-0.2, -0.15) is 0 Å². The minimum absolute atomic E-state index is 0.0193. The van der Waals surface area contributed by atoms with Gasteiger partial charge in [-0.1, -0.05) is 35.0 Å². The smallest absolute Gasteiger partial charge is 0.244 e. The molecule has 1 aliphatic heterocycles. The second-order valence-corrected chi connectivity index (χ2v) is 6.92. The second-order valence-electron chi connectivity index (χ2n) is 6.01. The summed E-state index contributed by atoms with van der Waals surface area (Å²) in [5.74, 6) is -0.159. The molecule has 1 heterocycles. The van der Waals surface area contributed by atoms with Crippen molar-refractivity contribution in [2.75, 3.05) is 19.8 Å². The van der Waals surface area contributed by atoms with E-state index in [2.05, 4.69) is 28.2 Å². The number of amides is 1. The Balaban J connectivity index is 2.01. The molecule has 2 atom stereocenters. The predicted octanol–water partition coefficient (Wildman–Crippen LogP) is 2.17. The first-order chi connectivity index (χ1) is 9.33. The lowest BCUT2D eigenvalue weighted by Gasteiger charge is -2.28. The number of carbonyl (C=O) groups is 1. The lowest BCUT2D eigenvalue weighted by Crippen LogP contribution is -2.51. The highest BCUT2D eigenvalue weighted by atomic mass is 79.9. The highest BCUT2D eigenvalue weighted by Gasteiger charge is 2.34. The van der Waals surface area contributed by atoms with Gasteiger partial charge in [-0.05, 0) is 31.0 Å². The Bertz CT molecular complexity index is 479. The predicted molar refractivity (Wildman–Crippen MR) is 82.2 cm³/mol. The molecule has 1 saturated heterocycles. The van der Waals surface area contributed by atoms with Crippen molar-refractivity contribution in [2.45, 2.75) is 25.8 Å². The number of benzene rings is 1. The van der Waals surface area contributed by atoms with Crippen molar-refractivity contribution >= 4 is 21.8 Å². The second kappa shape index (κ2) is 5.84. The van der Waals surface area contributed by atoms with E-state index in [1.54, 1.807) is 6.92 Å². The fourth-order valence-electron chi connectivity index (χ4n) is 2.25. The van der Waals surface area contributed by atoms with Crippen molar-refractivity contribution in [1.29, 1.82) is 0 Å². The first-order valence-electron chi connectivity index (χ1n) is 6.74. The summed E-state index contributed by atoms with van der Waals surface area (Å²) in [7, 11) is 0. The van der Waals surface area contributed by atoms with Gasteiger partial charge in [0.1, 0.15) is 5.54 Å². The van der Waals surface area contributed by atoms with Crippen LogP contribution in [-0.4, -0.2) is 25.7 Å². The Labute approximate surface area is 128 Å². The zero-order chi connectivity index (χ0) is 14.8. The third-order valence-electron chi connectivity index (χ3n) is 3.89. The Kier molecular flexibility index (Phi) is 4.52. The van der Waals surface area contributed by atoms with E-state index >= 15 is 0 Å². The van der Waals surface area contributed by atoms with Crippen LogP contribution in [0.25, 0.3) is 0 Å². The summed E-state index contributed by atoms with van der Waals surface area (Å²) < 4.78 is 6.35. The molecule has 3 N–H and O–H groups in total. The largest absolute Gasteiger partial charge is 0.381 e. The van der Waals surface area contributed by atoms with E-state index in [-0.39, 0.29) is 11.3 Å². The number of hydrogen-bond donors (Lipinski definition) is 2. The van der Waals surface area contributed by atoms with Crippen LogP contribution in [0.2, 0.25) is 0 Å². The third-order valence-corrected chi connectivity index (χ3v) is 4.42. The Morgan fingerprint density at radius 3 is 2.70 bits per heavy atom. The first-order valence-corrected chi connectivity index (χ1v) is 7.54. The molecule has 110 valence electrons. The van der Waals surface area contributed by atoms with Crippen LogP contribution in [0.3, 0.4) is 0 Å². The molecule has 5 heteroatoms. The zero-order valence-electron chi connectivity index (χ0n) is 11.9. The highest BCUT2D eigenvalue weighted by Crippen LogP contribution is 2.27. The van der Waals surface area contributed by atoms with Crippen molar-refractivity contribution in [3.05, 3.63) is 34.3 Å². The third kappa shape index (κ3) is 3.40. The van der Waals surface area contributed by atoms with Crippen LogP contribution in [-0.2, 0) is 15.1 Å². The van der Waals surface area contributed by atoms with Gasteiger partial charge in [0.05, 0.1) is 6.61 Å². The van der Waals surface area contributed by atoms with Gasteiger partial charge >= 0.3 is 0 Å². The van der Waals surface area contributed by atoms with E-state index in [4.69, 9.17) is 10.5 Å². The molecule has 2 unspecified atom stereocenters. The number of rotatable bonds is 4. The maximum Gasteiger partial charge on any atom is 0.244 e. The van der Waals surface area contributed by atoms with Gasteiger partial charge in [0.25, 0.3) is 0 Å². The van der Waals surface area contributed by atoms with Gasteiger partial charge in [0.15, 0.2) is 0 Å². The fourth-order valence-corrected chi connectivity index (χ4v) is 2.52. The number of hydrogen-bond acceptors (Lipinski definition) is 3. The molecule has 0 bridgehead atoms. The molecule has 0 aliphatic carbocycles. The minimum Gasteiger partial charge on any atom is -0.381 e. The zero-order valence-corrected chi connectivity index (χ0v) is 13.5. The first kappa shape index (κ1) is 15.5. The summed E-state index contributed by atoms with van der Waals surface area (Å²) in [5, 5.41) is 2.96. The number of nitrogens with one attached hydrogen (secondary N) is 1. The summed E-state index contributed by atoms with van der Waals surface area (Å²) in [6.07, 6.45) is 0.965. The van der Waals surface area contributed by atoms with Gasteiger partial charge in [0.2, 0.25) is 5.91 Å². The summed E-state index contributed by atoms with van der Waals surface area (Å²) in [5.41, 5.74) is 5.99. The van der Waals surface area contributed by atoms with E-state index in [0.29, 0.717) is 13.2 Å². The van der Waals surface area contributed by atoms with Gasteiger partial charge < -0.3 is 15.8 Å². The van der Waals surface area contributed by atoms with Crippen molar-refractivity contribution in [2.24, 2.45) is 11.1 Å². The topological polar surface area (TPSA) is 64.4 Å². The standard InChI is InChI=1S/C15H21BrN2O2/c1-14(7-8-20-10-14)9-18-13(19)15(2,17)11-3-5-12(16)6-4-11/h3-6H,7-10,17H2,1-2H3,(H,18,19). The van der Waals surface area contributed by atoms with Crippen molar-refractivity contribution < 1.29 is 9.53 Å². The van der Waals surface area contributed by atoms with Gasteiger partial charge in [-0.3, -0.25) is 4.79 Å². The molecule has 1 aromatic rings. The van der Waals surface area contributed by atoms with E-state index < -0.39 is 5.54 Å². The lowest BCUT2D eigenvalue weighted by atomic mass is 9.88. The van der Waals surface area contributed by atoms with Crippen LogP contribution in [0, 0.1) is 5.41 Å². The summed E-state index contributed by atoms with van der Waals surface area (Å²) >= 11 is 3.38. The maximum absolute atomic E-state index is 12.4. The Morgan fingerprint density at radius 2 is 2.15 bits per heavy atom. The van der Waals surface area contributed by atoms with Crippen LogP contribution in [0.1, 0.15) is 25.8 Å². The molecule has 0 aromatic heterocycles. The van der Waals surface area contributed by atoms with E-state index in [1.165, 1.54) is 0 Å². The molecule has 0 saturated carbocycles. The molecule has 20 heavy (non-hydrogen) atoms. The molecule has 1 aliphatic rings. The minimum atomic E-state index is -1.03. The molecule has 0 radical (unpaired) electrons. The van der Waals surface area contributed by atoms with Crippen LogP contribution in [0.15, 0.2) is 28.7 Å². The highest BCUT2D eigenvalue weighted by molar-refractivity contribution is 9.10. The average Bonchev–Trinajstić information content (AvgIpc) is 2.84. The monoisotopic (exact) mass is 340 g/mol. The SMILES string of the molecule is CC1(CNC(=O)C(C)(N)c2ccc(Br)cc2)CCOC1. The average molecular weight is 341 g/mol. The van der Waals surface area contributed by atoms with Crippen LogP contribution < -0.4 is 11.1 Å². The van der Waals surface area contributed by atoms with Crippen molar-refractivity contribution in [1.82, 2.24) is 5.32 Å². The Hall–Kier alpha value is -0.910. The summed E-state index contributed by atoms with van der Waals surface area (Å²) in [6, 6.07) is 7.51. The molecule has 1 fully saturated rings. The molecular weight excluding hydrogens is 320 g/mol. The molecule has 0 spiro atoms. The maximum atomic E-state index is 12.4. The summed E-state index contributed by atoms with van der Waals surface area (Å²) in [6.45, 7) is 5.90. The van der Waals surface area contributed by atoms with Crippen LogP contribution in [0.4, 0.5) is 0 Å². The lowest BCUT2D eigenvalue weighted by molar-refractivity contribution is -0.126. The van der Waals surface area contributed by atoms with E-state index in [9.17, 15) is 4.79 Å². The quantitative estimate of drug-likeness (QED) is 0.882. The number of nitrogens with two attached hydrogens (primary N) is 1. The normalized spacial score (nSPS) is 25.2. The fraction of sp³-hybridized carbons (Fsp3) is 0.533. The van der Waals surface area contributed by atoms with Crippen LogP contribution >= 0.6 is 15.9 Å². The van der Waals surface area contributed by atoms with Crippen molar-refractivity contribution in [3.8, 4) is 0 Å². The van der Waals surface area contributed by atoms with Gasteiger partial charge in [0, 0.05) is 23.0 Å². The van der Waals surface area contributed by atoms with Crippen LogP contribution in [0.5, 0.6) is 0 Å². The molecule has 1 aromatic carbocycles. The molecule has 1 amide bonds. The van der Waals surface area contributed by atoms with E-state index in [0.717, 1.165) is 23.1 Å². The van der Waals surface area contributed by atoms with Gasteiger partial charge in [-0.15, -0.1) is 0 Å². The molecule has 4 nitrogen and oxygen atoms in total. The van der Waals surface area contributed by atoms with E-state index in [1.807, 2.05) is 24.3 Å². The Morgan fingerprint density at radius 1 is 1.50 bits per heavy atom. The molecular formula is C15H21BrN2O2.